The van der Waals surface area contributed by atoms with E-state index in [4.69, 9.17) is 11.6 Å². The Morgan fingerprint density at radius 3 is 2.00 bits per heavy atom. The van der Waals surface area contributed by atoms with Crippen molar-refractivity contribution < 1.29 is 8.78 Å². The highest BCUT2D eigenvalue weighted by molar-refractivity contribution is 6.49. The highest BCUT2D eigenvalue weighted by atomic mass is 35.5. The molecule has 1 aromatic heterocycles. The average Bonchev–Trinajstić information content (AvgIpc) is 3.70. The zero-order chi connectivity index (χ0) is 29.8. The summed E-state index contributed by atoms with van der Waals surface area (Å²) in [5, 5.41) is 2.09. The third-order valence-electron chi connectivity index (χ3n) is 8.04. The number of hydrogen-bond acceptors (Lipinski definition) is 0. The Morgan fingerprint density at radius 2 is 1.37 bits per heavy atom. The van der Waals surface area contributed by atoms with Crippen LogP contribution in [0.1, 0.15) is 111 Å². The largest absolute Gasteiger partial charge is 0.361 e. The second-order valence-electron chi connectivity index (χ2n) is 11.8. The molecule has 0 aliphatic heterocycles. The molecule has 2 aliphatic carbocycles. The van der Waals surface area contributed by atoms with E-state index in [1.54, 1.807) is 6.07 Å². The number of benzene rings is 3. The van der Waals surface area contributed by atoms with E-state index in [-0.39, 0.29) is 11.6 Å². The van der Waals surface area contributed by atoms with Crippen molar-refractivity contribution in [3.8, 4) is 0 Å². The summed E-state index contributed by atoms with van der Waals surface area (Å²) in [4.78, 5) is 3.33. The Balaban J connectivity index is 0.000000142. The van der Waals surface area contributed by atoms with E-state index >= 15 is 0 Å². The van der Waals surface area contributed by atoms with Crippen LogP contribution in [0, 0.1) is 11.6 Å². The molecule has 4 aromatic rings. The van der Waals surface area contributed by atoms with Crippen LogP contribution < -0.4 is 0 Å². The van der Waals surface area contributed by atoms with Gasteiger partial charge in [0.25, 0.3) is 0 Å². The van der Waals surface area contributed by atoms with Crippen LogP contribution in [-0.4, -0.2) is 4.98 Å². The topological polar surface area (TPSA) is 15.8 Å². The molecule has 6 rings (SSSR count). The van der Waals surface area contributed by atoms with Gasteiger partial charge in [-0.2, -0.15) is 0 Å². The number of halogens is 3. The van der Waals surface area contributed by atoms with Crippen molar-refractivity contribution in [1.29, 1.82) is 0 Å². The fraction of sp³-hybridized carbons (Fsp3) is 0.351. The summed E-state index contributed by atoms with van der Waals surface area (Å²) in [6, 6.07) is 13.5. The van der Waals surface area contributed by atoms with Gasteiger partial charge in [-0.25, -0.2) is 8.78 Å². The first-order valence-corrected chi connectivity index (χ1v) is 15.2. The maximum atomic E-state index is 13.4. The van der Waals surface area contributed by atoms with Gasteiger partial charge in [-0.15, -0.1) is 0 Å². The van der Waals surface area contributed by atoms with Crippen LogP contribution in [0.4, 0.5) is 8.78 Å². The SMILES string of the molecule is CC(C)c1ccc(F)c2c1C(Cl)=CC2.CC(C)c1ccc(F)c2c1C=CC2.CCc1ccc(C(C)C)c2cc[nH]c12. The summed E-state index contributed by atoms with van der Waals surface area (Å²) in [7, 11) is 0. The van der Waals surface area contributed by atoms with Crippen molar-refractivity contribution in [2.24, 2.45) is 0 Å². The molecular weight excluding hydrogens is 532 g/mol. The van der Waals surface area contributed by atoms with E-state index in [2.05, 4.69) is 71.6 Å². The van der Waals surface area contributed by atoms with Crippen LogP contribution in [0.15, 0.2) is 60.8 Å². The Morgan fingerprint density at radius 1 is 0.756 bits per heavy atom. The third kappa shape index (κ3) is 6.51. The molecule has 1 heterocycles. The minimum Gasteiger partial charge on any atom is -0.361 e. The number of aromatic amines is 1. The molecule has 2 aliphatic rings. The molecule has 3 aromatic carbocycles. The van der Waals surface area contributed by atoms with E-state index < -0.39 is 0 Å². The smallest absolute Gasteiger partial charge is 0.127 e. The number of hydrogen-bond donors (Lipinski definition) is 1. The van der Waals surface area contributed by atoms with Crippen molar-refractivity contribution in [2.75, 3.05) is 0 Å². The van der Waals surface area contributed by atoms with Crippen LogP contribution in [0.25, 0.3) is 22.0 Å². The molecule has 0 atom stereocenters. The first-order valence-electron chi connectivity index (χ1n) is 14.8. The fourth-order valence-electron chi connectivity index (χ4n) is 5.79. The number of H-pyrrole nitrogens is 1. The lowest BCUT2D eigenvalue weighted by Gasteiger charge is -2.12. The maximum Gasteiger partial charge on any atom is 0.127 e. The molecule has 0 fully saturated rings. The Kier molecular flexibility index (Phi) is 9.92. The Labute approximate surface area is 249 Å². The fourth-order valence-corrected chi connectivity index (χ4v) is 6.09. The van der Waals surface area contributed by atoms with E-state index in [0.29, 0.717) is 29.2 Å². The maximum absolute atomic E-state index is 13.4. The van der Waals surface area contributed by atoms with Crippen LogP contribution in [0.3, 0.4) is 0 Å². The molecule has 216 valence electrons. The summed E-state index contributed by atoms with van der Waals surface area (Å²) in [5.41, 5.74) is 10.2. The van der Waals surface area contributed by atoms with Crippen LogP contribution in [0.5, 0.6) is 0 Å². The third-order valence-corrected chi connectivity index (χ3v) is 8.39. The van der Waals surface area contributed by atoms with Crippen molar-refractivity contribution in [2.45, 2.75) is 85.5 Å². The van der Waals surface area contributed by atoms with E-state index in [9.17, 15) is 8.78 Å². The summed E-state index contributed by atoms with van der Waals surface area (Å²) >= 11 is 6.06. The lowest BCUT2D eigenvalue weighted by atomic mass is 9.94. The van der Waals surface area contributed by atoms with E-state index in [1.165, 1.54) is 33.7 Å². The number of aromatic nitrogens is 1. The summed E-state index contributed by atoms with van der Waals surface area (Å²) < 4.78 is 26.7. The summed E-state index contributed by atoms with van der Waals surface area (Å²) in [6.45, 7) is 15.1. The lowest BCUT2D eigenvalue weighted by molar-refractivity contribution is 0.613. The highest BCUT2D eigenvalue weighted by Crippen LogP contribution is 2.37. The van der Waals surface area contributed by atoms with Gasteiger partial charge in [0.15, 0.2) is 0 Å². The van der Waals surface area contributed by atoms with Crippen molar-refractivity contribution in [3.63, 3.8) is 0 Å². The predicted molar refractivity (Wildman–Crippen MR) is 173 cm³/mol. The monoisotopic (exact) mass is 573 g/mol. The molecule has 41 heavy (non-hydrogen) atoms. The average molecular weight is 574 g/mol. The van der Waals surface area contributed by atoms with Gasteiger partial charge in [-0.3, -0.25) is 0 Å². The Bertz CT molecular complexity index is 1590. The number of rotatable bonds is 4. The first-order chi connectivity index (χ1) is 19.5. The van der Waals surface area contributed by atoms with Gasteiger partial charge >= 0.3 is 0 Å². The normalized spacial score (nSPS) is 13.2. The van der Waals surface area contributed by atoms with Gasteiger partial charge in [0.2, 0.25) is 0 Å². The molecule has 0 amide bonds. The zero-order valence-electron chi connectivity index (χ0n) is 25.3. The van der Waals surface area contributed by atoms with E-state index in [0.717, 1.165) is 40.7 Å². The zero-order valence-corrected chi connectivity index (χ0v) is 26.1. The van der Waals surface area contributed by atoms with E-state index in [1.807, 2.05) is 36.6 Å². The molecule has 0 bridgehead atoms. The second-order valence-corrected chi connectivity index (χ2v) is 12.2. The minimum atomic E-state index is -0.142. The molecular formula is C37H42ClF2N. The number of allylic oxidation sites excluding steroid dienone is 2. The highest BCUT2D eigenvalue weighted by Gasteiger charge is 2.21. The van der Waals surface area contributed by atoms with Crippen molar-refractivity contribution >= 4 is 33.6 Å². The van der Waals surface area contributed by atoms with Gasteiger partial charge in [0.1, 0.15) is 11.6 Å². The summed E-state index contributed by atoms with van der Waals surface area (Å²) in [6.07, 6.45) is 10.4. The van der Waals surface area contributed by atoms with Gasteiger partial charge < -0.3 is 4.98 Å². The molecule has 4 heteroatoms. The standard InChI is InChI=1S/C13H17N.C12H12ClF.C12H13F/c1-4-10-5-6-11(9(2)3)12-7-8-14-13(10)12;1-7(2)8-4-6-11(14)9-3-5-10(13)12(8)9;1-8(2)9-6-7-12(13)11-5-3-4-10(9)11/h5-9,14H,4H2,1-3H3;4-7H,3H2,1-2H3;3-4,6-8H,5H2,1-2H3. The summed E-state index contributed by atoms with van der Waals surface area (Å²) in [5.74, 6) is 1.24. The van der Waals surface area contributed by atoms with Crippen molar-refractivity contribution in [3.05, 3.63) is 117 Å². The number of aryl methyl sites for hydroxylation is 1. The number of nitrogens with one attached hydrogen (secondary N) is 1. The van der Waals surface area contributed by atoms with Gasteiger partial charge in [0.05, 0.1) is 0 Å². The second kappa shape index (κ2) is 13.2. The molecule has 0 radical (unpaired) electrons. The molecule has 1 nitrogen and oxygen atoms in total. The molecule has 0 saturated carbocycles. The molecule has 1 N–H and O–H groups in total. The van der Waals surface area contributed by atoms with Crippen LogP contribution >= 0.6 is 11.6 Å². The molecule has 0 unspecified atom stereocenters. The number of fused-ring (bicyclic) bond motifs is 3. The predicted octanol–water partition coefficient (Wildman–Crippen LogP) is 11.5. The first kappa shape index (κ1) is 30.8. The quantitative estimate of drug-likeness (QED) is 0.250. The van der Waals surface area contributed by atoms with Gasteiger partial charge in [0, 0.05) is 33.3 Å². The van der Waals surface area contributed by atoms with Crippen LogP contribution in [0.2, 0.25) is 0 Å². The van der Waals surface area contributed by atoms with Crippen molar-refractivity contribution in [1.82, 2.24) is 4.98 Å². The molecule has 0 spiro atoms. The molecule has 0 saturated heterocycles. The van der Waals surface area contributed by atoms with Gasteiger partial charge in [-0.1, -0.05) is 103 Å². The minimum absolute atomic E-state index is 0.0654. The Hall–Kier alpha value is -3.17. The van der Waals surface area contributed by atoms with Crippen LogP contribution in [-0.2, 0) is 19.3 Å². The van der Waals surface area contributed by atoms with Gasteiger partial charge in [-0.05, 0) is 88.6 Å². The lowest BCUT2D eigenvalue weighted by Crippen LogP contribution is -1.98.